The topological polar surface area (TPSA) is 0 Å². The van der Waals surface area contributed by atoms with E-state index in [4.69, 9.17) is 0 Å². The van der Waals surface area contributed by atoms with Crippen LogP contribution in [0.3, 0.4) is 0 Å². The van der Waals surface area contributed by atoms with Gasteiger partial charge in [-0.25, -0.2) is 0 Å². The Bertz CT molecular complexity index is 526. The van der Waals surface area contributed by atoms with Crippen molar-refractivity contribution < 1.29 is 8.97 Å². The van der Waals surface area contributed by atoms with Gasteiger partial charge in [0.25, 0.3) is 0 Å². The standard InChI is InChI=1S/C40H86N2/c1-8-11-14-17-20-21-22-23-24-25-26-27-28-29-30-33-36-40(42(6,7)38-35-32-19-16-13-10-3)39-41(4,5)37-34-31-18-15-12-9-2/h40H,8-39H2,1-7H3/q+2. The summed E-state index contributed by atoms with van der Waals surface area (Å²) in [7, 11) is 10.2. The molecule has 2 nitrogen and oxygen atoms in total. The molecule has 1 atom stereocenters. The molecule has 0 aliphatic heterocycles. The first kappa shape index (κ1) is 41.9. The van der Waals surface area contributed by atoms with Gasteiger partial charge in [0.2, 0.25) is 0 Å². The van der Waals surface area contributed by atoms with Gasteiger partial charge in [-0.3, -0.25) is 0 Å². The van der Waals surface area contributed by atoms with Gasteiger partial charge < -0.3 is 8.97 Å². The number of unbranched alkanes of at least 4 members (excludes halogenated alkanes) is 25. The average molecular weight is 595 g/mol. The molecular formula is C40H86N2+2. The Morgan fingerprint density at radius 3 is 0.976 bits per heavy atom. The SMILES string of the molecule is CCCCCCCCCCCCCCCCCCC(C[N+](C)(C)CCCCCCCC)[N+](C)(C)CCCCCCCC. The van der Waals surface area contributed by atoms with E-state index in [0.717, 1.165) is 6.04 Å². The minimum Gasteiger partial charge on any atom is -0.324 e. The monoisotopic (exact) mass is 595 g/mol. The van der Waals surface area contributed by atoms with E-state index < -0.39 is 0 Å². The molecule has 0 saturated heterocycles. The van der Waals surface area contributed by atoms with Crippen LogP contribution in [0.25, 0.3) is 0 Å². The Labute approximate surface area is 269 Å². The van der Waals surface area contributed by atoms with Crippen molar-refractivity contribution in [2.75, 3.05) is 47.8 Å². The highest BCUT2D eigenvalue weighted by molar-refractivity contribution is 4.61. The molecule has 0 radical (unpaired) electrons. The van der Waals surface area contributed by atoms with Gasteiger partial charge in [-0.05, 0) is 32.1 Å². The lowest BCUT2D eigenvalue weighted by Gasteiger charge is -2.42. The predicted molar refractivity (Wildman–Crippen MR) is 194 cm³/mol. The van der Waals surface area contributed by atoms with Gasteiger partial charge in [-0.2, -0.15) is 0 Å². The van der Waals surface area contributed by atoms with Crippen LogP contribution in [0.2, 0.25) is 0 Å². The van der Waals surface area contributed by atoms with Crippen LogP contribution in [0.5, 0.6) is 0 Å². The van der Waals surface area contributed by atoms with Gasteiger partial charge in [0.05, 0.1) is 41.3 Å². The molecule has 0 aromatic carbocycles. The van der Waals surface area contributed by atoms with Gasteiger partial charge in [0.1, 0.15) is 12.6 Å². The van der Waals surface area contributed by atoms with Crippen molar-refractivity contribution in [3.8, 4) is 0 Å². The number of rotatable bonds is 34. The second-order valence-corrected chi connectivity index (χ2v) is 15.6. The highest BCUT2D eigenvalue weighted by Gasteiger charge is 2.33. The summed E-state index contributed by atoms with van der Waals surface area (Å²) in [6, 6.07) is 0.808. The van der Waals surface area contributed by atoms with Crippen molar-refractivity contribution >= 4 is 0 Å². The third-order valence-corrected chi connectivity index (χ3v) is 10.3. The van der Waals surface area contributed by atoms with Gasteiger partial charge in [0.15, 0.2) is 0 Å². The van der Waals surface area contributed by atoms with E-state index in [9.17, 15) is 0 Å². The van der Waals surface area contributed by atoms with E-state index in [1.165, 1.54) is 215 Å². The summed E-state index contributed by atoms with van der Waals surface area (Å²) in [5.41, 5.74) is 0. The van der Waals surface area contributed by atoms with Crippen molar-refractivity contribution in [2.24, 2.45) is 0 Å². The lowest BCUT2D eigenvalue weighted by atomic mass is 10.0. The molecule has 0 spiro atoms. The number of hydrogen-bond donors (Lipinski definition) is 0. The van der Waals surface area contributed by atoms with E-state index in [0.29, 0.717) is 0 Å². The average Bonchev–Trinajstić information content (AvgIpc) is 2.95. The van der Waals surface area contributed by atoms with Crippen molar-refractivity contribution in [1.29, 1.82) is 0 Å². The first-order chi connectivity index (χ1) is 20.3. The summed E-state index contributed by atoms with van der Waals surface area (Å²) >= 11 is 0. The zero-order valence-electron chi connectivity index (χ0n) is 31.1. The van der Waals surface area contributed by atoms with E-state index in [1.54, 1.807) is 0 Å². The number of hydrogen-bond acceptors (Lipinski definition) is 0. The molecule has 0 N–H and O–H groups in total. The molecule has 254 valence electrons. The van der Waals surface area contributed by atoms with E-state index in [2.05, 4.69) is 49.0 Å². The Balaban J connectivity index is 4.32. The minimum absolute atomic E-state index is 0.808. The van der Waals surface area contributed by atoms with Gasteiger partial charge in [0, 0.05) is 6.42 Å². The first-order valence-electron chi connectivity index (χ1n) is 19.9. The zero-order valence-corrected chi connectivity index (χ0v) is 31.1. The fourth-order valence-corrected chi connectivity index (χ4v) is 7.05. The maximum Gasteiger partial charge on any atom is 0.138 e. The minimum atomic E-state index is 0.808. The Hall–Kier alpha value is -0.0800. The fourth-order valence-electron chi connectivity index (χ4n) is 7.05. The fraction of sp³-hybridized carbons (Fsp3) is 1.00. The molecular weight excluding hydrogens is 508 g/mol. The molecule has 1 unspecified atom stereocenters. The molecule has 0 amide bonds. The quantitative estimate of drug-likeness (QED) is 0.0513. The van der Waals surface area contributed by atoms with E-state index in [1.807, 2.05) is 0 Å². The summed E-state index contributed by atoms with van der Waals surface area (Å²) in [4.78, 5) is 0. The molecule has 0 aliphatic rings. The van der Waals surface area contributed by atoms with Crippen molar-refractivity contribution in [3.05, 3.63) is 0 Å². The molecule has 0 fully saturated rings. The van der Waals surface area contributed by atoms with Crippen LogP contribution >= 0.6 is 0 Å². The zero-order chi connectivity index (χ0) is 31.2. The number of quaternary nitrogens is 2. The van der Waals surface area contributed by atoms with E-state index >= 15 is 0 Å². The van der Waals surface area contributed by atoms with Crippen LogP contribution in [-0.2, 0) is 0 Å². The molecule has 0 saturated carbocycles. The highest BCUT2D eigenvalue weighted by atomic mass is 15.4. The normalized spacial score (nSPS) is 13.2. The maximum atomic E-state index is 2.56. The molecule has 0 aromatic heterocycles. The summed E-state index contributed by atoms with van der Waals surface area (Å²) < 4.78 is 2.46. The molecule has 0 aromatic rings. The second-order valence-electron chi connectivity index (χ2n) is 15.6. The molecule has 42 heavy (non-hydrogen) atoms. The Morgan fingerprint density at radius 1 is 0.333 bits per heavy atom. The van der Waals surface area contributed by atoms with Gasteiger partial charge >= 0.3 is 0 Å². The van der Waals surface area contributed by atoms with E-state index in [-0.39, 0.29) is 0 Å². The molecule has 0 aliphatic carbocycles. The maximum absolute atomic E-state index is 2.56. The second kappa shape index (κ2) is 29.6. The highest BCUT2D eigenvalue weighted by Crippen LogP contribution is 2.22. The molecule has 2 heteroatoms. The van der Waals surface area contributed by atoms with Crippen molar-refractivity contribution in [1.82, 2.24) is 0 Å². The summed E-state index contributed by atoms with van der Waals surface area (Å²) in [5.74, 6) is 0. The Kier molecular flexibility index (Phi) is 29.6. The van der Waals surface area contributed by atoms with Crippen LogP contribution in [0.1, 0.15) is 207 Å². The predicted octanol–water partition coefficient (Wildman–Crippen LogP) is 12.9. The summed E-state index contributed by atoms with van der Waals surface area (Å²) in [5, 5.41) is 0. The van der Waals surface area contributed by atoms with Crippen LogP contribution < -0.4 is 0 Å². The molecule has 0 bridgehead atoms. The van der Waals surface area contributed by atoms with Crippen LogP contribution in [0.4, 0.5) is 0 Å². The Morgan fingerprint density at radius 2 is 0.619 bits per heavy atom. The summed E-state index contributed by atoms with van der Waals surface area (Å²) in [6.45, 7) is 11.0. The van der Waals surface area contributed by atoms with Gasteiger partial charge in [-0.15, -0.1) is 0 Å². The lowest BCUT2D eigenvalue weighted by Crippen LogP contribution is -2.58. The lowest BCUT2D eigenvalue weighted by molar-refractivity contribution is -0.965. The first-order valence-corrected chi connectivity index (χ1v) is 19.9. The van der Waals surface area contributed by atoms with Crippen molar-refractivity contribution in [3.63, 3.8) is 0 Å². The van der Waals surface area contributed by atoms with Crippen LogP contribution in [0.15, 0.2) is 0 Å². The third-order valence-electron chi connectivity index (χ3n) is 10.3. The number of nitrogens with zero attached hydrogens (tertiary/aromatic N) is 2. The smallest absolute Gasteiger partial charge is 0.138 e. The van der Waals surface area contributed by atoms with Crippen LogP contribution in [-0.4, -0.2) is 62.8 Å². The molecule has 0 heterocycles. The molecule has 0 rings (SSSR count). The van der Waals surface area contributed by atoms with Crippen LogP contribution in [0, 0.1) is 0 Å². The number of likely N-dealkylation sites (N-methyl/N-ethyl adjacent to an activating group) is 2. The van der Waals surface area contributed by atoms with Gasteiger partial charge in [-0.1, -0.05) is 168 Å². The summed E-state index contributed by atoms with van der Waals surface area (Å²) in [6.07, 6.45) is 41.8. The van der Waals surface area contributed by atoms with Crippen molar-refractivity contribution in [2.45, 2.75) is 213 Å². The third kappa shape index (κ3) is 27.5. The largest absolute Gasteiger partial charge is 0.324 e.